The molecule has 0 amide bonds. The average molecular weight is 334 g/mol. The Balaban J connectivity index is 2.21. The maximum atomic E-state index is 13.2. The summed E-state index contributed by atoms with van der Waals surface area (Å²) in [5.74, 6) is 0.0717. The van der Waals surface area contributed by atoms with Crippen LogP contribution >= 0.6 is 22.9 Å². The zero-order valence-corrected chi connectivity index (χ0v) is 13.0. The summed E-state index contributed by atoms with van der Waals surface area (Å²) in [6, 6.07) is 8.19. The fraction of sp³-hybridized carbons (Fsp3) is 0.333. The van der Waals surface area contributed by atoms with Crippen LogP contribution in [0.4, 0.5) is 18.9 Å². The van der Waals surface area contributed by atoms with Gasteiger partial charge in [-0.3, -0.25) is 0 Å². The Morgan fingerprint density at radius 3 is 2.57 bits per heavy atom. The van der Waals surface area contributed by atoms with Crippen LogP contribution in [0.25, 0.3) is 0 Å². The Kier molecular flexibility index (Phi) is 5.17. The van der Waals surface area contributed by atoms with Crippen molar-refractivity contribution in [2.24, 2.45) is 0 Å². The lowest BCUT2D eigenvalue weighted by Gasteiger charge is -2.24. The number of rotatable bonds is 5. The first-order valence-electron chi connectivity index (χ1n) is 6.41. The van der Waals surface area contributed by atoms with E-state index in [1.165, 1.54) is 6.07 Å². The van der Waals surface area contributed by atoms with Gasteiger partial charge in [-0.1, -0.05) is 12.1 Å². The number of hydrogen-bond donors (Lipinski definition) is 0. The third kappa shape index (κ3) is 4.14. The van der Waals surface area contributed by atoms with Crippen molar-refractivity contribution in [3.63, 3.8) is 0 Å². The van der Waals surface area contributed by atoms with Crippen LogP contribution in [-0.2, 0) is 18.5 Å². The minimum absolute atomic E-state index is 0.0717. The van der Waals surface area contributed by atoms with E-state index < -0.39 is 11.7 Å². The lowest BCUT2D eigenvalue weighted by Crippen LogP contribution is -2.23. The van der Waals surface area contributed by atoms with Crippen molar-refractivity contribution < 1.29 is 13.2 Å². The van der Waals surface area contributed by atoms with E-state index in [0.29, 0.717) is 12.1 Å². The second-order valence-electron chi connectivity index (χ2n) is 4.73. The summed E-state index contributed by atoms with van der Waals surface area (Å²) >= 11 is 7.24. The molecule has 1 aromatic carbocycles. The quantitative estimate of drug-likeness (QED) is 0.681. The molecule has 0 aliphatic rings. The lowest BCUT2D eigenvalue weighted by molar-refractivity contribution is -0.137. The molecule has 1 heterocycles. The molecular weight excluding hydrogens is 319 g/mol. The number of halogens is 4. The standard InChI is InChI=1S/C15H15ClF3NS/c1-20(7-6-12-3-2-8-21-12)14-5-4-11(10-16)9-13(14)15(17,18)19/h2-5,8-9H,6-7,10H2,1H3. The monoisotopic (exact) mass is 333 g/mol. The van der Waals surface area contributed by atoms with Gasteiger partial charge in [0, 0.05) is 30.0 Å². The normalized spacial score (nSPS) is 11.7. The summed E-state index contributed by atoms with van der Waals surface area (Å²) < 4.78 is 39.5. The van der Waals surface area contributed by atoms with E-state index in [4.69, 9.17) is 11.6 Å². The maximum Gasteiger partial charge on any atom is 0.418 e. The van der Waals surface area contributed by atoms with Crippen molar-refractivity contribution in [3.05, 3.63) is 51.7 Å². The first-order chi connectivity index (χ1) is 9.91. The van der Waals surface area contributed by atoms with Crippen LogP contribution < -0.4 is 4.90 Å². The molecule has 0 bridgehead atoms. The lowest BCUT2D eigenvalue weighted by atomic mass is 10.1. The SMILES string of the molecule is CN(CCc1cccs1)c1ccc(CCl)cc1C(F)(F)F. The largest absolute Gasteiger partial charge is 0.418 e. The summed E-state index contributed by atoms with van der Waals surface area (Å²) in [6.45, 7) is 0.532. The van der Waals surface area contributed by atoms with Crippen molar-refractivity contribution in [1.29, 1.82) is 0 Å². The molecule has 1 aromatic heterocycles. The fourth-order valence-electron chi connectivity index (χ4n) is 2.08. The van der Waals surface area contributed by atoms with Crippen LogP contribution in [0.1, 0.15) is 16.0 Å². The first-order valence-corrected chi connectivity index (χ1v) is 7.83. The molecule has 0 radical (unpaired) electrons. The third-order valence-electron chi connectivity index (χ3n) is 3.21. The number of hydrogen-bond acceptors (Lipinski definition) is 2. The molecule has 0 saturated heterocycles. The Morgan fingerprint density at radius 2 is 2.00 bits per heavy atom. The molecule has 2 rings (SSSR count). The zero-order chi connectivity index (χ0) is 15.5. The smallest absolute Gasteiger partial charge is 0.374 e. The summed E-state index contributed by atoms with van der Waals surface area (Å²) in [5.41, 5.74) is 0.0293. The predicted octanol–water partition coefficient (Wildman–Crippen LogP) is 5.18. The highest BCUT2D eigenvalue weighted by atomic mass is 35.5. The van der Waals surface area contributed by atoms with E-state index in [1.807, 2.05) is 17.5 Å². The van der Waals surface area contributed by atoms with Gasteiger partial charge >= 0.3 is 6.18 Å². The number of likely N-dealkylation sites (N-methyl/N-ethyl adjacent to an activating group) is 1. The molecule has 21 heavy (non-hydrogen) atoms. The van der Waals surface area contributed by atoms with Crippen molar-refractivity contribution in [2.75, 3.05) is 18.5 Å². The van der Waals surface area contributed by atoms with Gasteiger partial charge in [0.1, 0.15) is 0 Å². The summed E-state index contributed by atoms with van der Waals surface area (Å²) in [5, 5.41) is 1.96. The molecule has 2 aromatic rings. The Morgan fingerprint density at radius 1 is 1.24 bits per heavy atom. The van der Waals surface area contributed by atoms with Crippen LogP contribution in [0.15, 0.2) is 35.7 Å². The molecule has 114 valence electrons. The van der Waals surface area contributed by atoms with Crippen molar-refractivity contribution in [2.45, 2.75) is 18.5 Å². The molecule has 0 fully saturated rings. The molecule has 0 N–H and O–H groups in total. The van der Waals surface area contributed by atoms with Gasteiger partial charge in [-0.25, -0.2) is 0 Å². The molecular formula is C15H15ClF3NS. The highest BCUT2D eigenvalue weighted by Crippen LogP contribution is 2.37. The highest BCUT2D eigenvalue weighted by Gasteiger charge is 2.34. The van der Waals surface area contributed by atoms with E-state index in [0.717, 1.165) is 17.4 Å². The molecule has 0 spiro atoms. The molecule has 0 saturated carbocycles. The van der Waals surface area contributed by atoms with Gasteiger partial charge in [0.05, 0.1) is 5.56 Å². The van der Waals surface area contributed by atoms with Gasteiger partial charge in [-0.2, -0.15) is 13.2 Å². The second-order valence-corrected chi connectivity index (χ2v) is 6.03. The number of nitrogens with zero attached hydrogens (tertiary/aromatic N) is 1. The molecule has 6 heteroatoms. The van der Waals surface area contributed by atoms with Gasteiger partial charge in [0.25, 0.3) is 0 Å². The Labute approximate surface area is 131 Å². The van der Waals surface area contributed by atoms with Gasteiger partial charge in [0.2, 0.25) is 0 Å². The summed E-state index contributed by atoms with van der Waals surface area (Å²) in [7, 11) is 1.68. The van der Waals surface area contributed by atoms with Crippen LogP contribution in [-0.4, -0.2) is 13.6 Å². The Hall–Kier alpha value is -1.20. The van der Waals surface area contributed by atoms with E-state index in [2.05, 4.69) is 0 Å². The van der Waals surface area contributed by atoms with Gasteiger partial charge in [-0.05, 0) is 35.6 Å². The minimum Gasteiger partial charge on any atom is -0.374 e. The van der Waals surface area contributed by atoms with Gasteiger partial charge in [0.15, 0.2) is 0 Å². The van der Waals surface area contributed by atoms with Crippen molar-refractivity contribution in [3.8, 4) is 0 Å². The highest BCUT2D eigenvalue weighted by molar-refractivity contribution is 7.09. The predicted molar refractivity (Wildman–Crippen MR) is 82.3 cm³/mol. The van der Waals surface area contributed by atoms with Gasteiger partial charge in [-0.15, -0.1) is 22.9 Å². The maximum absolute atomic E-state index is 13.2. The second kappa shape index (κ2) is 6.71. The third-order valence-corrected chi connectivity index (χ3v) is 4.45. The average Bonchev–Trinajstić information content (AvgIpc) is 2.96. The number of thiophene rings is 1. The topological polar surface area (TPSA) is 3.24 Å². The van der Waals surface area contributed by atoms with E-state index >= 15 is 0 Å². The molecule has 1 nitrogen and oxygen atoms in total. The molecule has 0 unspecified atom stereocenters. The minimum atomic E-state index is -4.38. The molecule has 0 aliphatic heterocycles. The van der Waals surface area contributed by atoms with E-state index in [-0.39, 0.29) is 11.6 Å². The Bertz CT molecular complexity index is 581. The van der Waals surface area contributed by atoms with Crippen molar-refractivity contribution >= 4 is 28.6 Å². The van der Waals surface area contributed by atoms with Crippen LogP contribution in [0.3, 0.4) is 0 Å². The summed E-state index contributed by atoms with van der Waals surface area (Å²) in [4.78, 5) is 2.80. The van der Waals surface area contributed by atoms with Crippen LogP contribution in [0, 0.1) is 0 Å². The molecule has 0 aliphatic carbocycles. The fourth-order valence-corrected chi connectivity index (χ4v) is 2.94. The molecule has 0 atom stereocenters. The number of alkyl halides is 4. The number of anilines is 1. The van der Waals surface area contributed by atoms with E-state index in [9.17, 15) is 13.2 Å². The van der Waals surface area contributed by atoms with Crippen LogP contribution in [0.5, 0.6) is 0 Å². The zero-order valence-electron chi connectivity index (χ0n) is 11.5. The first kappa shape index (κ1) is 16.2. The number of benzene rings is 1. The summed E-state index contributed by atoms with van der Waals surface area (Å²) in [6.07, 6.45) is -3.66. The van der Waals surface area contributed by atoms with Crippen LogP contribution in [0.2, 0.25) is 0 Å². The van der Waals surface area contributed by atoms with Gasteiger partial charge < -0.3 is 4.90 Å². The van der Waals surface area contributed by atoms with Crippen molar-refractivity contribution in [1.82, 2.24) is 0 Å². The van der Waals surface area contributed by atoms with E-state index in [1.54, 1.807) is 29.4 Å².